The summed E-state index contributed by atoms with van der Waals surface area (Å²) in [6.45, 7) is 1.72. The maximum atomic E-state index is 11.6. The minimum Gasteiger partial charge on any atom is -0.461 e. The van der Waals surface area contributed by atoms with Gasteiger partial charge >= 0.3 is 5.97 Å². The molecule has 0 aliphatic rings. The molecule has 0 unspecified atom stereocenters. The molecule has 0 spiro atoms. The maximum Gasteiger partial charge on any atom is 0.308 e. The van der Waals surface area contributed by atoms with Gasteiger partial charge in [-0.1, -0.05) is 30.3 Å². The van der Waals surface area contributed by atoms with Crippen LogP contribution in [0.25, 0.3) is 0 Å². The first-order valence-corrected chi connectivity index (χ1v) is 8.23. The summed E-state index contributed by atoms with van der Waals surface area (Å²) < 4.78 is 15.9. The van der Waals surface area contributed by atoms with Crippen LogP contribution in [0.15, 0.2) is 54.6 Å². The molecule has 0 radical (unpaired) electrons. The number of nitro groups is 1. The van der Waals surface area contributed by atoms with Crippen LogP contribution in [0, 0.1) is 10.1 Å². The van der Waals surface area contributed by atoms with Gasteiger partial charge in [0.2, 0.25) is 0 Å². The first kappa shape index (κ1) is 19.6. The smallest absolute Gasteiger partial charge is 0.308 e. The fourth-order valence-electron chi connectivity index (χ4n) is 2.09. The number of non-ortho nitro benzene ring substituents is 1. The number of hydrogen-bond acceptors (Lipinski definition) is 6. The Bertz CT molecular complexity index is 687. The molecule has 0 aliphatic carbocycles. The number of nitro benzene ring substituents is 1. The van der Waals surface area contributed by atoms with E-state index in [0.29, 0.717) is 25.4 Å². The van der Waals surface area contributed by atoms with Crippen molar-refractivity contribution in [2.24, 2.45) is 0 Å². The minimum atomic E-state index is -0.475. The van der Waals surface area contributed by atoms with Crippen LogP contribution in [0.5, 0.6) is 0 Å². The molecule has 2 aromatic rings. The molecule has 0 aliphatic heterocycles. The van der Waals surface area contributed by atoms with Gasteiger partial charge in [0.05, 0.1) is 37.8 Å². The van der Waals surface area contributed by atoms with Crippen molar-refractivity contribution in [3.63, 3.8) is 0 Å². The summed E-state index contributed by atoms with van der Waals surface area (Å²) in [5.41, 5.74) is 1.80. The molecule has 0 amide bonds. The second kappa shape index (κ2) is 11.0. The third kappa shape index (κ3) is 7.42. The Morgan fingerprint density at radius 1 is 0.846 bits per heavy atom. The van der Waals surface area contributed by atoms with Crippen LogP contribution in [0.3, 0.4) is 0 Å². The summed E-state index contributed by atoms with van der Waals surface area (Å²) in [6, 6.07) is 15.7. The molecule has 0 atom stereocenters. The van der Waals surface area contributed by atoms with E-state index in [1.807, 2.05) is 30.3 Å². The number of carbonyl (C=O) groups excluding carboxylic acids is 1. The van der Waals surface area contributed by atoms with Crippen molar-refractivity contribution < 1.29 is 23.9 Å². The SMILES string of the molecule is O=C(CCOCCOCc1ccccc1)OCc1ccc([N+](=O)[O-])cc1. The molecule has 0 fully saturated rings. The van der Waals surface area contributed by atoms with E-state index in [2.05, 4.69) is 0 Å². The molecule has 0 saturated carbocycles. The molecule has 2 aromatic carbocycles. The van der Waals surface area contributed by atoms with E-state index in [-0.39, 0.29) is 31.3 Å². The Balaban J connectivity index is 1.50. The Hall–Kier alpha value is -2.77. The Morgan fingerprint density at radius 2 is 1.50 bits per heavy atom. The number of ether oxygens (including phenoxy) is 3. The number of carbonyl (C=O) groups is 1. The standard InChI is InChI=1S/C19H21NO6/c21-19(26-15-17-6-8-18(9-7-17)20(22)23)10-11-24-12-13-25-14-16-4-2-1-3-5-16/h1-9H,10-15H2. The largest absolute Gasteiger partial charge is 0.461 e. The van der Waals surface area contributed by atoms with Gasteiger partial charge in [-0.15, -0.1) is 0 Å². The van der Waals surface area contributed by atoms with Crippen LogP contribution >= 0.6 is 0 Å². The van der Waals surface area contributed by atoms with Crippen LogP contribution in [0.2, 0.25) is 0 Å². The Morgan fingerprint density at radius 3 is 2.19 bits per heavy atom. The van der Waals surface area contributed by atoms with E-state index in [1.54, 1.807) is 12.1 Å². The van der Waals surface area contributed by atoms with Crippen molar-refractivity contribution in [3.8, 4) is 0 Å². The van der Waals surface area contributed by atoms with Gasteiger partial charge in [-0.05, 0) is 23.3 Å². The quantitative estimate of drug-likeness (QED) is 0.265. The summed E-state index contributed by atoms with van der Waals surface area (Å²) in [6.07, 6.45) is 0.145. The average molecular weight is 359 g/mol. The van der Waals surface area contributed by atoms with Gasteiger partial charge in [-0.2, -0.15) is 0 Å². The summed E-state index contributed by atoms with van der Waals surface area (Å²) in [5.74, 6) is -0.381. The zero-order valence-electron chi connectivity index (χ0n) is 14.3. The van der Waals surface area contributed by atoms with E-state index in [0.717, 1.165) is 5.56 Å². The Labute approximate surface area is 151 Å². The monoisotopic (exact) mass is 359 g/mol. The zero-order chi connectivity index (χ0) is 18.6. The summed E-state index contributed by atoms with van der Waals surface area (Å²) in [5, 5.41) is 10.6. The molecular formula is C19H21NO6. The van der Waals surface area contributed by atoms with E-state index in [1.165, 1.54) is 12.1 Å². The third-order valence-corrected chi connectivity index (χ3v) is 3.48. The van der Waals surface area contributed by atoms with Crippen LogP contribution < -0.4 is 0 Å². The van der Waals surface area contributed by atoms with Gasteiger partial charge in [-0.3, -0.25) is 14.9 Å². The van der Waals surface area contributed by atoms with Gasteiger partial charge in [-0.25, -0.2) is 0 Å². The lowest BCUT2D eigenvalue weighted by Crippen LogP contribution is -2.11. The zero-order valence-corrected chi connectivity index (χ0v) is 14.3. The molecule has 26 heavy (non-hydrogen) atoms. The molecule has 7 nitrogen and oxygen atoms in total. The molecular weight excluding hydrogens is 338 g/mol. The van der Waals surface area contributed by atoms with Crippen LogP contribution in [0.4, 0.5) is 5.69 Å². The number of esters is 1. The molecule has 7 heteroatoms. The molecule has 0 N–H and O–H groups in total. The first-order chi connectivity index (χ1) is 12.6. The van der Waals surface area contributed by atoms with Gasteiger partial charge < -0.3 is 14.2 Å². The van der Waals surface area contributed by atoms with Gasteiger partial charge in [0, 0.05) is 12.1 Å². The second-order valence-corrected chi connectivity index (χ2v) is 5.48. The van der Waals surface area contributed by atoms with Crippen molar-refractivity contribution in [1.82, 2.24) is 0 Å². The van der Waals surface area contributed by atoms with Crippen molar-refractivity contribution >= 4 is 11.7 Å². The molecule has 2 rings (SSSR count). The fourth-order valence-corrected chi connectivity index (χ4v) is 2.09. The van der Waals surface area contributed by atoms with E-state index in [9.17, 15) is 14.9 Å². The van der Waals surface area contributed by atoms with Gasteiger partial charge in [0.25, 0.3) is 5.69 Å². The minimum absolute atomic E-state index is 0.00274. The topological polar surface area (TPSA) is 87.9 Å². The second-order valence-electron chi connectivity index (χ2n) is 5.48. The van der Waals surface area contributed by atoms with E-state index in [4.69, 9.17) is 14.2 Å². The summed E-state index contributed by atoms with van der Waals surface area (Å²) in [7, 11) is 0. The van der Waals surface area contributed by atoms with Crippen LogP contribution in [-0.4, -0.2) is 30.7 Å². The molecule has 0 bridgehead atoms. The molecule has 0 aromatic heterocycles. The van der Waals surface area contributed by atoms with Crippen LogP contribution in [-0.2, 0) is 32.2 Å². The van der Waals surface area contributed by atoms with Gasteiger partial charge in [0.1, 0.15) is 6.61 Å². The highest BCUT2D eigenvalue weighted by Crippen LogP contribution is 2.12. The van der Waals surface area contributed by atoms with Crippen molar-refractivity contribution in [3.05, 3.63) is 75.8 Å². The molecule has 138 valence electrons. The number of rotatable bonds is 11. The Kier molecular flexibility index (Phi) is 8.25. The number of nitrogens with zero attached hydrogens (tertiary/aromatic N) is 1. The lowest BCUT2D eigenvalue weighted by atomic mass is 10.2. The highest BCUT2D eigenvalue weighted by molar-refractivity contribution is 5.69. The number of hydrogen-bond donors (Lipinski definition) is 0. The molecule has 0 heterocycles. The fraction of sp³-hybridized carbons (Fsp3) is 0.316. The normalized spacial score (nSPS) is 10.5. The van der Waals surface area contributed by atoms with Crippen molar-refractivity contribution in [1.29, 1.82) is 0 Å². The lowest BCUT2D eigenvalue weighted by molar-refractivity contribution is -0.384. The molecule has 0 saturated heterocycles. The first-order valence-electron chi connectivity index (χ1n) is 8.23. The van der Waals surface area contributed by atoms with Crippen molar-refractivity contribution in [2.45, 2.75) is 19.6 Å². The van der Waals surface area contributed by atoms with Crippen molar-refractivity contribution in [2.75, 3.05) is 19.8 Å². The predicted molar refractivity (Wildman–Crippen MR) is 94.4 cm³/mol. The van der Waals surface area contributed by atoms with Crippen LogP contribution in [0.1, 0.15) is 17.5 Å². The van der Waals surface area contributed by atoms with E-state index < -0.39 is 4.92 Å². The van der Waals surface area contributed by atoms with E-state index >= 15 is 0 Å². The highest BCUT2D eigenvalue weighted by atomic mass is 16.6. The summed E-state index contributed by atoms with van der Waals surface area (Å²) >= 11 is 0. The third-order valence-electron chi connectivity index (χ3n) is 3.48. The average Bonchev–Trinajstić information content (AvgIpc) is 2.66. The maximum absolute atomic E-state index is 11.6. The number of benzene rings is 2. The predicted octanol–water partition coefficient (Wildman–Crippen LogP) is 3.26. The lowest BCUT2D eigenvalue weighted by Gasteiger charge is -2.07. The highest BCUT2D eigenvalue weighted by Gasteiger charge is 2.06. The van der Waals surface area contributed by atoms with Gasteiger partial charge in [0.15, 0.2) is 0 Å². The summed E-state index contributed by atoms with van der Waals surface area (Å²) in [4.78, 5) is 21.7.